The first-order valence-electron chi connectivity index (χ1n) is 7.07. The number of carboxylic acids is 1. The molecular formula is C14H22ClN3O2. The largest absolute Gasteiger partial charge is 0.481 e. The zero-order valence-electron chi connectivity index (χ0n) is 12.0. The van der Waals surface area contributed by atoms with Crippen molar-refractivity contribution in [3.8, 4) is 0 Å². The Morgan fingerprint density at radius 2 is 2.40 bits per heavy atom. The van der Waals surface area contributed by atoms with Crippen LogP contribution in [0, 0.1) is 11.8 Å². The fourth-order valence-electron chi connectivity index (χ4n) is 2.91. The smallest absolute Gasteiger partial charge is 0.303 e. The number of hydrogen-bond donors (Lipinski definition) is 1. The molecular weight excluding hydrogens is 278 g/mol. The van der Waals surface area contributed by atoms with Crippen molar-refractivity contribution >= 4 is 17.6 Å². The minimum Gasteiger partial charge on any atom is -0.481 e. The van der Waals surface area contributed by atoms with Crippen molar-refractivity contribution in [1.82, 2.24) is 14.5 Å². The summed E-state index contributed by atoms with van der Waals surface area (Å²) in [6.07, 6.45) is 4.16. The van der Waals surface area contributed by atoms with Gasteiger partial charge >= 0.3 is 5.97 Å². The van der Waals surface area contributed by atoms with Gasteiger partial charge in [-0.3, -0.25) is 9.69 Å². The fourth-order valence-corrected chi connectivity index (χ4v) is 3.06. The van der Waals surface area contributed by atoms with Gasteiger partial charge in [0.2, 0.25) is 0 Å². The summed E-state index contributed by atoms with van der Waals surface area (Å²) in [5, 5.41) is 9.56. The third kappa shape index (κ3) is 3.73. The van der Waals surface area contributed by atoms with E-state index in [2.05, 4.69) is 9.88 Å². The number of carbonyl (C=O) groups is 1. The third-order valence-electron chi connectivity index (χ3n) is 4.24. The zero-order valence-corrected chi connectivity index (χ0v) is 12.8. The van der Waals surface area contributed by atoms with Crippen LogP contribution in [0.15, 0.2) is 6.20 Å². The van der Waals surface area contributed by atoms with Crippen molar-refractivity contribution < 1.29 is 9.90 Å². The number of hydrogen-bond acceptors (Lipinski definition) is 3. The van der Waals surface area contributed by atoms with Crippen LogP contribution in [0.5, 0.6) is 0 Å². The molecule has 1 fully saturated rings. The van der Waals surface area contributed by atoms with Crippen LogP contribution in [0.2, 0.25) is 5.15 Å². The van der Waals surface area contributed by atoms with Crippen molar-refractivity contribution in [2.24, 2.45) is 18.9 Å². The highest BCUT2D eigenvalue weighted by Crippen LogP contribution is 2.27. The van der Waals surface area contributed by atoms with Crippen molar-refractivity contribution in [2.75, 3.05) is 13.1 Å². The van der Waals surface area contributed by atoms with E-state index in [0.717, 1.165) is 38.3 Å². The number of piperidine rings is 1. The normalized spacial score (nSPS) is 21.9. The molecule has 0 radical (unpaired) electrons. The molecule has 2 unspecified atom stereocenters. The number of aromatic nitrogens is 2. The van der Waals surface area contributed by atoms with Crippen LogP contribution in [-0.2, 0) is 18.4 Å². The SMILES string of the molecule is CC(CC(=O)O)C1CCCN(Cc2ncc(Cl)n2C)C1. The lowest BCUT2D eigenvalue weighted by molar-refractivity contribution is -0.138. The first kappa shape index (κ1) is 15.3. The van der Waals surface area contributed by atoms with E-state index in [1.165, 1.54) is 0 Å². The average Bonchev–Trinajstić information content (AvgIpc) is 2.70. The Hall–Kier alpha value is -1.07. The van der Waals surface area contributed by atoms with E-state index in [9.17, 15) is 4.79 Å². The van der Waals surface area contributed by atoms with Crippen molar-refractivity contribution in [2.45, 2.75) is 32.7 Å². The number of nitrogens with zero attached hydrogens (tertiary/aromatic N) is 3. The van der Waals surface area contributed by atoms with Gasteiger partial charge < -0.3 is 9.67 Å². The lowest BCUT2D eigenvalue weighted by Crippen LogP contribution is -2.38. The van der Waals surface area contributed by atoms with Crippen LogP contribution >= 0.6 is 11.6 Å². The van der Waals surface area contributed by atoms with Crippen LogP contribution in [0.25, 0.3) is 0 Å². The number of halogens is 1. The minimum absolute atomic E-state index is 0.222. The molecule has 1 aromatic rings. The maximum absolute atomic E-state index is 10.8. The summed E-state index contributed by atoms with van der Waals surface area (Å²) in [5.41, 5.74) is 0. The molecule has 2 heterocycles. The highest BCUT2D eigenvalue weighted by Gasteiger charge is 2.26. The number of imidazole rings is 1. The van der Waals surface area contributed by atoms with Gasteiger partial charge in [0.05, 0.1) is 12.7 Å². The molecule has 2 atom stereocenters. The highest BCUT2D eigenvalue weighted by molar-refractivity contribution is 6.29. The molecule has 1 aromatic heterocycles. The number of carboxylic acid groups (broad SMARTS) is 1. The van der Waals surface area contributed by atoms with Crippen LogP contribution < -0.4 is 0 Å². The molecule has 0 amide bonds. The van der Waals surface area contributed by atoms with Gasteiger partial charge in [0, 0.05) is 20.0 Å². The molecule has 0 spiro atoms. The van der Waals surface area contributed by atoms with E-state index >= 15 is 0 Å². The topological polar surface area (TPSA) is 58.4 Å². The molecule has 20 heavy (non-hydrogen) atoms. The van der Waals surface area contributed by atoms with Gasteiger partial charge in [0.15, 0.2) is 0 Å². The quantitative estimate of drug-likeness (QED) is 0.907. The third-order valence-corrected chi connectivity index (χ3v) is 4.59. The number of aliphatic carboxylic acids is 1. The van der Waals surface area contributed by atoms with Gasteiger partial charge in [0.25, 0.3) is 0 Å². The van der Waals surface area contributed by atoms with Crippen molar-refractivity contribution in [1.29, 1.82) is 0 Å². The molecule has 1 aliphatic rings. The van der Waals surface area contributed by atoms with Gasteiger partial charge in [-0.2, -0.15) is 0 Å². The van der Waals surface area contributed by atoms with Gasteiger partial charge in [-0.05, 0) is 31.2 Å². The Labute approximate surface area is 124 Å². The molecule has 1 aliphatic heterocycles. The average molecular weight is 300 g/mol. The summed E-state index contributed by atoms with van der Waals surface area (Å²) in [5.74, 6) is 0.933. The molecule has 0 bridgehead atoms. The van der Waals surface area contributed by atoms with E-state index in [0.29, 0.717) is 11.1 Å². The first-order chi connectivity index (χ1) is 9.47. The summed E-state index contributed by atoms with van der Waals surface area (Å²) in [4.78, 5) is 17.5. The Morgan fingerprint density at radius 1 is 1.65 bits per heavy atom. The lowest BCUT2D eigenvalue weighted by atomic mass is 9.84. The van der Waals surface area contributed by atoms with E-state index in [-0.39, 0.29) is 12.3 Å². The monoisotopic (exact) mass is 299 g/mol. The molecule has 112 valence electrons. The van der Waals surface area contributed by atoms with Crippen molar-refractivity contribution in [3.05, 3.63) is 17.2 Å². The molecule has 1 saturated heterocycles. The summed E-state index contributed by atoms with van der Waals surface area (Å²) in [7, 11) is 1.92. The van der Waals surface area contributed by atoms with E-state index < -0.39 is 5.97 Å². The predicted molar refractivity (Wildman–Crippen MR) is 77.6 cm³/mol. The van der Waals surface area contributed by atoms with E-state index in [1.54, 1.807) is 6.20 Å². The second-order valence-electron chi connectivity index (χ2n) is 5.77. The molecule has 6 heteroatoms. The highest BCUT2D eigenvalue weighted by atomic mass is 35.5. The standard InChI is InChI=1S/C14H22ClN3O2/c1-10(6-14(19)20)11-4-3-5-18(8-11)9-13-16-7-12(15)17(13)2/h7,10-11H,3-6,8-9H2,1-2H3,(H,19,20). The van der Waals surface area contributed by atoms with Crippen LogP contribution in [-0.4, -0.2) is 38.6 Å². The molecule has 1 N–H and O–H groups in total. The van der Waals surface area contributed by atoms with Gasteiger partial charge in [-0.15, -0.1) is 0 Å². The Balaban J connectivity index is 1.93. The molecule has 2 rings (SSSR count). The first-order valence-corrected chi connectivity index (χ1v) is 7.45. The number of rotatable bonds is 5. The van der Waals surface area contributed by atoms with Crippen LogP contribution in [0.4, 0.5) is 0 Å². The maximum Gasteiger partial charge on any atom is 0.303 e. The van der Waals surface area contributed by atoms with Crippen LogP contribution in [0.1, 0.15) is 32.0 Å². The van der Waals surface area contributed by atoms with E-state index in [1.807, 2.05) is 18.5 Å². The summed E-state index contributed by atoms with van der Waals surface area (Å²) < 4.78 is 1.89. The summed E-state index contributed by atoms with van der Waals surface area (Å²) in [6, 6.07) is 0. The van der Waals surface area contributed by atoms with E-state index in [4.69, 9.17) is 16.7 Å². The van der Waals surface area contributed by atoms with Crippen molar-refractivity contribution in [3.63, 3.8) is 0 Å². The Bertz CT molecular complexity index is 475. The molecule has 0 aliphatic carbocycles. The number of likely N-dealkylation sites (tertiary alicyclic amines) is 1. The van der Waals surface area contributed by atoms with Gasteiger partial charge in [-0.1, -0.05) is 18.5 Å². The molecule has 0 saturated carbocycles. The minimum atomic E-state index is -0.703. The van der Waals surface area contributed by atoms with Crippen LogP contribution in [0.3, 0.4) is 0 Å². The Morgan fingerprint density at radius 3 is 3.00 bits per heavy atom. The Kier molecular flexibility index (Phi) is 5.05. The predicted octanol–water partition coefficient (Wildman–Crippen LogP) is 2.40. The fraction of sp³-hybridized carbons (Fsp3) is 0.714. The summed E-state index contributed by atoms with van der Waals surface area (Å²) >= 11 is 6.00. The molecule has 5 nitrogen and oxygen atoms in total. The second kappa shape index (κ2) is 6.59. The van der Waals surface area contributed by atoms with Gasteiger partial charge in [0.1, 0.15) is 11.0 Å². The zero-order chi connectivity index (χ0) is 14.7. The summed E-state index contributed by atoms with van der Waals surface area (Å²) in [6.45, 7) is 4.80. The maximum atomic E-state index is 10.8. The molecule has 0 aromatic carbocycles. The second-order valence-corrected chi connectivity index (χ2v) is 6.16. The van der Waals surface area contributed by atoms with Gasteiger partial charge in [-0.25, -0.2) is 4.98 Å². The lowest BCUT2D eigenvalue weighted by Gasteiger charge is -2.35.